The summed E-state index contributed by atoms with van der Waals surface area (Å²) in [7, 11) is 0. The monoisotopic (exact) mass is 401 g/mol. The van der Waals surface area contributed by atoms with Crippen LogP contribution in [0.5, 0.6) is 5.75 Å². The highest BCUT2D eigenvalue weighted by atomic mass is 16.5. The third-order valence-electron chi connectivity index (χ3n) is 6.13. The van der Waals surface area contributed by atoms with Crippen molar-refractivity contribution in [3.05, 3.63) is 29.8 Å². The van der Waals surface area contributed by atoms with Gasteiger partial charge in [-0.15, -0.1) is 0 Å². The Morgan fingerprint density at radius 2 is 1.76 bits per heavy atom. The van der Waals surface area contributed by atoms with E-state index in [1.807, 2.05) is 29.2 Å². The van der Waals surface area contributed by atoms with Crippen molar-refractivity contribution < 1.29 is 19.1 Å². The maximum atomic E-state index is 12.5. The highest BCUT2D eigenvalue weighted by Crippen LogP contribution is 2.23. The van der Waals surface area contributed by atoms with Crippen LogP contribution in [0, 0.1) is 5.92 Å². The topological polar surface area (TPSA) is 79.9 Å². The standard InChI is InChI=1S/C22H31N3O4/c26-21(13-16-7-11-28-12-8-16)25-9-5-20(6-10-25)29-19-3-1-17(2-4-19)22(27)24-18-14-23-15-18/h1-4,16,18,20,23H,5-15H2,(H,24,27). The summed E-state index contributed by atoms with van der Waals surface area (Å²) < 4.78 is 11.5. The van der Waals surface area contributed by atoms with Crippen molar-refractivity contribution in [2.45, 2.75) is 44.2 Å². The van der Waals surface area contributed by atoms with Gasteiger partial charge in [-0.3, -0.25) is 9.59 Å². The summed E-state index contributed by atoms with van der Waals surface area (Å²) in [4.78, 5) is 26.7. The highest BCUT2D eigenvalue weighted by molar-refractivity contribution is 5.94. The van der Waals surface area contributed by atoms with Gasteiger partial charge in [0.25, 0.3) is 5.91 Å². The number of amides is 2. The molecule has 7 heteroatoms. The normalized spacial score (nSPS) is 21.4. The molecule has 7 nitrogen and oxygen atoms in total. The molecule has 3 aliphatic rings. The molecule has 3 fully saturated rings. The number of carbonyl (C=O) groups excluding carboxylic acids is 2. The van der Waals surface area contributed by atoms with Crippen molar-refractivity contribution in [1.82, 2.24) is 15.5 Å². The molecule has 1 aromatic rings. The number of rotatable bonds is 6. The maximum Gasteiger partial charge on any atom is 0.251 e. The fourth-order valence-electron chi connectivity index (χ4n) is 4.09. The van der Waals surface area contributed by atoms with E-state index < -0.39 is 0 Å². The molecule has 158 valence electrons. The minimum atomic E-state index is -0.0422. The van der Waals surface area contributed by atoms with E-state index in [0.717, 1.165) is 70.8 Å². The van der Waals surface area contributed by atoms with Crippen LogP contribution in [0.2, 0.25) is 0 Å². The summed E-state index contributed by atoms with van der Waals surface area (Å²) in [6, 6.07) is 7.57. The quantitative estimate of drug-likeness (QED) is 0.757. The van der Waals surface area contributed by atoms with Crippen LogP contribution in [-0.4, -0.2) is 68.3 Å². The molecule has 2 N–H and O–H groups in total. The summed E-state index contributed by atoms with van der Waals surface area (Å²) in [6.45, 7) is 4.75. The van der Waals surface area contributed by atoms with E-state index in [1.165, 1.54) is 0 Å². The molecule has 0 spiro atoms. The van der Waals surface area contributed by atoms with Crippen molar-refractivity contribution in [2.24, 2.45) is 5.92 Å². The lowest BCUT2D eigenvalue weighted by molar-refractivity contribution is -0.134. The molecule has 0 radical (unpaired) electrons. The van der Waals surface area contributed by atoms with Gasteiger partial charge in [-0.25, -0.2) is 0 Å². The number of nitrogens with zero attached hydrogens (tertiary/aromatic N) is 1. The predicted molar refractivity (Wildman–Crippen MR) is 109 cm³/mol. The summed E-state index contributed by atoms with van der Waals surface area (Å²) in [5.74, 6) is 1.48. The molecule has 0 atom stereocenters. The predicted octanol–water partition coefficient (Wildman–Crippen LogP) is 1.57. The van der Waals surface area contributed by atoms with Crippen LogP contribution in [0.4, 0.5) is 0 Å². The van der Waals surface area contributed by atoms with E-state index in [4.69, 9.17) is 9.47 Å². The number of benzene rings is 1. The number of likely N-dealkylation sites (tertiary alicyclic amines) is 1. The number of piperidine rings is 1. The van der Waals surface area contributed by atoms with Crippen LogP contribution < -0.4 is 15.4 Å². The number of ether oxygens (including phenoxy) is 2. The van der Waals surface area contributed by atoms with Gasteiger partial charge in [0.2, 0.25) is 5.91 Å². The van der Waals surface area contributed by atoms with Gasteiger partial charge in [-0.1, -0.05) is 0 Å². The minimum absolute atomic E-state index is 0.0422. The van der Waals surface area contributed by atoms with Crippen molar-refractivity contribution in [3.63, 3.8) is 0 Å². The molecule has 0 aliphatic carbocycles. The number of hydrogen-bond donors (Lipinski definition) is 2. The van der Waals surface area contributed by atoms with Crippen molar-refractivity contribution in [3.8, 4) is 5.75 Å². The molecule has 4 rings (SSSR count). The van der Waals surface area contributed by atoms with Crippen molar-refractivity contribution in [2.75, 3.05) is 39.4 Å². The third kappa shape index (κ3) is 5.48. The van der Waals surface area contributed by atoms with Gasteiger partial charge in [0.1, 0.15) is 11.9 Å². The lowest BCUT2D eigenvalue weighted by atomic mass is 9.95. The molecule has 3 saturated heterocycles. The van der Waals surface area contributed by atoms with Crippen LogP contribution in [-0.2, 0) is 9.53 Å². The Kier molecular flexibility index (Phi) is 6.67. The van der Waals surface area contributed by atoms with E-state index in [9.17, 15) is 9.59 Å². The smallest absolute Gasteiger partial charge is 0.251 e. The average molecular weight is 402 g/mol. The zero-order chi connectivity index (χ0) is 20.1. The summed E-state index contributed by atoms with van der Waals surface area (Å²) in [5.41, 5.74) is 0.651. The third-order valence-corrected chi connectivity index (χ3v) is 6.13. The molecule has 3 aliphatic heterocycles. The van der Waals surface area contributed by atoms with E-state index in [1.54, 1.807) is 0 Å². The number of nitrogens with one attached hydrogen (secondary N) is 2. The van der Waals surface area contributed by atoms with Gasteiger partial charge < -0.3 is 25.0 Å². The fraction of sp³-hybridized carbons (Fsp3) is 0.636. The first-order chi connectivity index (χ1) is 14.2. The zero-order valence-electron chi connectivity index (χ0n) is 16.9. The summed E-state index contributed by atoms with van der Waals surface area (Å²) in [5, 5.41) is 6.13. The van der Waals surface area contributed by atoms with Crippen molar-refractivity contribution >= 4 is 11.8 Å². The molecule has 3 heterocycles. The zero-order valence-corrected chi connectivity index (χ0v) is 16.9. The molecule has 0 unspecified atom stereocenters. The van der Waals surface area contributed by atoms with E-state index >= 15 is 0 Å². The molecule has 2 amide bonds. The molecular weight excluding hydrogens is 370 g/mol. The lowest BCUT2D eigenvalue weighted by Gasteiger charge is -2.33. The van der Waals surface area contributed by atoms with Gasteiger partial charge in [0.15, 0.2) is 0 Å². The Morgan fingerprint density at radius 1 is 1.07 bits per heavy atom. The Labute approximate surface area is 172 Å². The van der Waals surface area contributed by atoms with Crippen LogP contribution in [0.25, 0.3) is 0 Å². The van der Waals surface area contributed by atoms with Gasteiger partial charge in [0, 0.05) is 64.2 Å². The average Bonchev–Trinajstić information content (AvgIpc) is 2.72. The molecule has 0 bridgehead atoms. The van der Waals surface area contributed by atoms with E-state index in [0.29, 0.717) is 17.9 Å². The van der Waals surface area contributed by atoms with Crippen molar-refractivity contribution in [1.29, 1.82) is 0 Å². The first-order valence-electron chi connectivity index (χ1n) is 10.8. The van der Waals surface area contributed by atoms with Crippen LogP contribution in [0.15, 0.2) is 24.3 Å². The van der Waals surface area contributed by atoms with Crippen LogP contribution in [0.1, 0.15) is 42.5 Å². The molecule has 29 heavy (non-hydrogen) atoms. The Morgan fingerprint density at radius 3 is 2.38 bits per heavy atom. The van der Waals surface area contributed by atoms with Gasteiger partial charge >= 0.3 is 0 Å². The Bertz CT molecular complexity index is 691. The van der Waals surface area contributed by atoms with Gasteiger partial charge in [-0.05, 0) is 43.0 Å². The largest absolute Gasteiger partial charge is 0.490 e. The second-order valence-electron chi connectivity index (χ2n) is 8.31. The van der Waals surface area contributed by atoms with E-state index in [2.05, 4.69) is 10.6 Å². The van der Waals surface area contributed by atoms with Crippen LogP contribution >= 0.6 is 0 Å². The second-order valence-corrected chi connectivity index (χ2v) is 8.31. The van der Waals surface area contributed by atoms with Gasteiger partial charge in [0.05, 0.1) is 6.04 Å². The molecular formula is C22H31N3O4. The Balaban J connectivity index is 1.20. The van der Waals surface area contributed by atoms with Crippen LogP contribution in [0.3, 0.4) is 0 Å². The molecule has 0 aromatic heterocycles. The summed E-state index contributed by atoms with van der Waals surface area (Å²) >= 11 is 0. The lowest BCUT2D eigenvalue weighted by Crippen LogP contribution is -2.56. The first-order valence-corrected chi connectivity index (χ1v) is 10.8. The maximum absolute atomic E-state index is 12.5. The first kappa shape index (κ1) is 20.2. The number of carbonyl (C=O) groups is 2. The summed E-state index contributed by atoms with van der Waals surface area (Å²) in [6.07, 6.45) is 4.44. The number of hydrogen-bond acceptors (Lipinski definition) is 5. The minimum Gasteiger partial charge on any atom is -0.490 e. The molecule has 0 saturated carbocycles. The van der Waals surface area contributed by atoms with E-state index in [-0.39, 0.29) is 24.0 Å². The van der Waals surface area contributed by atoms with Gasteiger partial charge in [-0.2, -0.15) is 0 Å². The Hall–Kier alpha value is -2.12. The fourth-order valence-corrected chi connectivity index (χ4v) is 4.09. The molecule has 1 aromatic carbocycles. The second kappa shape index (κ2) is 9.59. The SMILES string of the molecule is O=C(NC1CNC1)c1ccc(OC2CCN(C(=O)CC3CCOCC3)CC2)cc1. The highest BCUT2D eigenvalue weighted by Gasteiger charge is 2.26.